The third kappa shape index (κ3) is 5.09. The highest BCUT2D eigenvalue weighted by atomic mass is 32.1. The van der Waals surface area contributed by atoms with Crippen molar-refractivity contribution < 1.29 is 22.3 Å². The molecule has 0 bridgehead atoms. The molecule has 2 nitrogen and oxygen atoms in total. The lowest BCUT2D eigenvalue weighted by Gasteiger charge is -2.15. The van der Waals surface area contributed by atoms with Gasteiger partial charge in [0.05, 0.1) is 5.69 Å². The maximum Gasteiger partial charge on any atom is 0.427 e. The normalized spacial score (nSPS) is 12.8. The molecule has 0 saturated heterocycles. The summed E-state index contributed by atoms with van der Waals surface area (Å²) in [5, 5.41) is 0. The van der Waals surface area contributed by atoms with Crippen molar-refractivity contribution >= 4 is 11.5 Å². The molecule has 1 heterocycles. The molecule has 0 radical (unpaired) electrons. The van der Waals surface area contributed by atoms with Gasteiger partial charge in [-0.25, -0.2) is 4.39 Å². The van der Waals surface area contributed by atoms with E-state index in [-0.39, 0.29) is 17.9 Å². The lowest BCUT2D eigenvalue weighted by molar-refractivity contribution is -0.135. The van der Waals surface area contributed by atoms with Crippen molar-refractivity contribution in [2.24, 2.45) is 0 Å². The van der Waals surface area contributed by atoms with Crippen molar-refractivity contribution in [3.05, 3.63) is 69.1 Å². The van der Waals surface area contributed by atoms with Crippen molar-refractivity contribution in [1.82, 2.24) is 4.37 Å². The van der Waals surface area contributed by atoms with Gasteiger partial charge in [0.2, 0.25) is 0 Å². The van der Waals surface area contributed by atoms with E-state index in [2.05, 4.69) is 11.3 Å². The Bertz CT molecular complexity index is 1040. The molecule has 2 aromatic carbocycles. The zero-order chi connectivity index (χ0) is 22.8. The largest absolute Gasteiger partial charge is 0.488 e. The third-order valence-corrected chi connectivity index (χ3v) is 6.36. The molecule has 0 aliphatic carbocycles. The number of nitrogens with zero attached hydrogens (tertiary/aromatic N) is 1. The maximum absolute atomic E-state index is 13.6. The van der Waals surface area contributed by atoms with Gasteiger partial charge in [-0.1, -0.05) is 43.7 Å². The van der Waals surface area contributed by atoms with E-state index in [1.165, 1.54) is 12.5 Å². The van der Waals surface area contributed by atoms with Gasteiger partial charge in [-0.2, -0.15) is 17.5 Å². The minimum atomic E-state index is -4.53. The third-order valence-electron chi connectivity index (χ3n) is 5.43. The summed E-state index contributed by atoms with van der Waals surface area (Å²) >= 11 is 0.411. The molecule has 166 valence electrons. The molecule has 7 heteroatoms. The van der Waals surface area contributed by atoms with Crippen LogP contribution in [-0.4, -0.2) is 4.37 Å². The van der Waals surface area contributed by atoms with E-state index >= 15 is 0 Å². The molecule has 1 unspecified atom stereocenters. The molecule has 0 spiro atoms. The van der Waals surface area contributed by atoms with Crippen LogP contribution in [0.1, 0.15) is 59.1 Å². The van der Waals surface area contributed by atoms with E-state index in [1.54, 1.807) is 24.3 Å². The van der Waals surface area contributed by atoms with Gasteiger partial charge < -0.3 is 4.74 Å². The fourth-order valence-corrected chi connectivity index (χ4v) is 4.26. The Balaban J connectivity index is 1.95. The van der Waals surface area contributed by atoms with Gasteiger partial charge in [-0.15, -0.1) is 0 Å². The number of benzene rings is 2. The van der Waals surface area contributed by atoms with Crippen molar-refractivity contribution in [2.45, 2.75) is 59.5 Å². The quantitative estimate of drug-likeness (QED) is 0.340. The van der Waals surface area contributed by atoms with Crippen LogP contribution in [0.4, 0.5) is 17.6 Å². The zero-order valence-electron chi connectivity index (χ0n) is 17.9. The van der Waals surface area contributed by atoms with Crippen LogP contribution in [0.25, 0.3) is 11.3 Å². The van der Waals surface area contributed by atoms with Gasteiger partial charge in [0.1, 0.15) is 23.4 Å². The van der Waals surface area contributed by atoms with Crippen LogP contribution in [0, 0.1) is 13.8 Å². The van der Waals surface area contributed by atoms with Crippen LogP contribution in [0.5, 0.6) is 5.75 Å². The van der Waals surface area contributed by atoms with Crippen LogP contribution in [0.2, 0.25) is 0 Å². The summed E-state index contributed by atoms with van der Waals surface area (Å²) in [6.45, 7) is 7.17. The summed E-state index contributed by atoms with van der Waals surface area (Å²) < 4.78 is 64.3. The average Bonchev–Trinajstić information content (AvgIpc) is 3.15. The van der Waals surface area contributed by atoms with Crippen LogP contribution in [-0.2, 0) is 19.2 Å². The molecule has 3 rings (SSSR count). The molecular weight excluding hydrogens is 426 g/mol. The number of hydrogen-bond acceptors (Lipinski definition) is 3. The second-order valence-electron chi connectivity index (χ2n) is 7.59. The van der Waals surface area contributed by atoms with E-state index in [0.29, 0.717) is 28.4 Å². The van der Waals surface area contributed by atoms with Gasteiger partial charge in [-0.3, -0.25) is 0 Å². The predicted octanol–water partition coefficient (Wildman–Crippen LogP) is 8.01. The first-order chi connectivity index (χ1) is 14.6. The first kappa shape index (κ1) is 23.3. The smallest absolute Gasteiger partial charge is 0.427 e. The molecule has 0 amide bonds. The number of rotatable bonds is 7. The van der Waals surface area contributed by atoms with Gasteiger partial charge in [0.15, 0.2) is 0 Å². The number of alkyl halides is 4. The monoisotopic (exact) mass is 451 g/mol. The van der Waals surface area contributed by atoms with Gasteiger partial charge in [-0.05, 0) is 67.0 Å². The number of aromatic nitrogens is 1. The lowest BCUT2D eigenvalue weighted by atomic mass is 9.99. The van der Waals surface area contributed by atoms with Gasteiger partial charge >= 0.3 is 6.18 Å². The predicted molar refractivity (Wildman–Crippen MR) is 116 cm³/mol. The van der Waals surface area contributed by atoms with E-state index < -0.39 is 17.2 Å². The molecule has 1 aromatic heterocycles. The topological polar surface area (TPSA) is 22.1 Å². The van der Waals surface area contributed by atoms with Crippen LogP contribution in [0.3, 0.4) is 0 Å². The fourth-order valence-electron chi connectivity index (χ4n) is 3.50. The molecule has 1 atom stereocenters. The SMILES string of the molecule is CCCc1ccc(OCc2c(-c3ccc(C(C)F)cc3)nsc2C(F)(F)F)c(C)c1C. The summed E-state index contributed by atoms with van der Waals surface area (Å²) in [6, 6.07) is 10.1. The van der Waals surface area contributed by atoms with Crippen LogP contribution >= 0.6 is 11.5 Å². The van der Waals surface area contributed by atoms with Gasteiger partial charge in [0.25, 0.3) is 0 Å². The van der Waals surface area contributed by atoms with Crippen LogP contribution < -0.4 is 4.74 Å². The summed E-state index contributed by atoms with van der Waals surface area (Å²) in [5.74, 6) is 0.559. The van der Waals surface area contributed by atoms with Crippen molar-refractivity contribution in [3.8, 4) is 17.0 Å². The summed E-state index contributed by atoms with van der Waals surface area (Å²) in [6.07, 6.45) is -3.73. The first-order valence-corrected chi connectivity index (χ1v) is 10.9. The summed E-state index contributed by atoms with van der Waals surface area (Å²) in [5.41, 5.74) is 4.40. The Labute approximate surface area is 184 Å². The average molecular weight is 452 g/mol. The summed E-state index contributed by atoms with van der Waals surface area (Å²) in [7, 11) is 0. The Morgan fingerprint density at radius 1 is 1.03 bits per heavy atom. The zero-order valence-corrected chi connectivity index (χ0v) is 18.8. The molecule has 0 aliphatic heterocycles. The Morgan fingerprint density at radius 3 is 2.29 bits per heavy atom. The van der Waals surface area contributed by atoms with Crippen LogP contribution in [0.15, 0.2) is 36.4 Å². The molecule has 0 aliphatic rings. The number of halogens is 4. The van der Waals surface area contributed by atoms with Crippen molar-refractivity contribution in [2.75, 3.05) is 0 Å². The Kier molecular flexibility index (Phi) is 7.04. The van der Waals surface area contributed by atoms with E-state index in [1.807, 2.05) is 26.0 Å². The fraction of sp³-hybridized carbons (Fsp3) is 0.375. The van der Waals surface area contributed by atoms with Gasteiger partial charge in [0, 0.05) is 11.1 Å². The number of aryl methyl sites for hydroxylation is 1. The molecule has 3 aromatic rings. The number of hydrogen-bond donors (Lipinski definition) is 0. The molecule has 0 N–H and O–H groups in total. The summed E-state index contributed by atoms with van der Waals surface area (Å²) in [4.78, 5) is -0.776. The van der Waals surface area contributed by atoms with E-state index in [4.69, 9.17) is 4.74 Å². The highest BCUT2D eigenvalue weighted by molar-refractivity contribution is 7.06. The Morgan fingerprint density at radius 2 is 1.71 bits per heavy atom. The highest BCUT2D eigenvalue weighted by Gasteiger charge is 2.38. The second-order valence-corrected chi connectivity index (χ2v) is 8.36. The van der Waals surface area contributed by atoms with Crippen molar-refractivity contribution in [1.29, 1.82) is 0 Å². The molecule has 0 fully saturated rings. The van der Waals surface area contributed by atoms with Crippen molar-refractivity contribution in [3.63, 3.8) is 0 Å². The molecule has 31 heavy (non-hydrogen) atoms. The number of ether oxygens (including phenoxy) is 1. The Hall–Kier alpha value is -2.41. The lowest BCUT2D eigenvalue weighted by Crippen LogP contribution is -2.09. The highest BCUT2D eigenvalue weighted by Crippen LogP contribution is 2.40. The maximum atomic E-state index is 13.6. The van der Waals surface area contributed by atoms with E-state index in [0.717, 1.165) is 24.0 Å². The first-order valence-electron chi connectivity index (χ1n) is 10.2. The molecular formula is C24H25F4NOS. The minimum Gasteiger partial charge on any atom is -0.488 e. The standard InChI is InChI=1S/C24H25F4NOS/c1-5-6-17-11-12-21(15(3)14(17)2)30-13-20-22(29-31-23(20)24(26,27)28)19-9-7-18(8-10-19)16(4)25/h7-12,16H,5-6,13H2,1-4H3. The second kappa shape index (κ2) is 9.39. The van der Waals surface area contributed by atoms with E-state index in [9.17, 15) is 17.6 Å². The molecule has 0 saturated carbocycles. The minimum absolute atomic E-state index is 0.00626.